The Labute approximate surface area is 496 Å². The van der Waals surface area contributed by atoms with Crippen LogP contribution in [0.4, 0.5) is 0 Å². The SMILES string of the molecule is CCCCCCCCN(CCCCCCCC)CCCCCCCC.CCCCCCCCN(CCCCCCCC)CCCCCCCC.Cc1ccccc1P(c1cc(S(=O)(=O)O)ccc1C)c1cc(S(=O)(=O)O)ccc1C. The fraction of sp³-hybridized carbons (Fsp3) is 0.739. The summed E-state index contributed by atoms with van der Waals surface area (Å²) in [5, 5.41) is 2.26. The molecule has 3 aromatic rings. The van der Waals surface area contributed by atoms with Crippen molar-refractivity contribution in [2.75, 3.05) is 39.3 Å². The van der Waals surface area contributed by atoms with Crippen LogP contribution in [-0.2, 0) is 20.2 Å². The molecule has 8 nitrogen and oxygen atoms in total. The lowest BCUT2D eigenvalue weighted by molar-refractivity contribution is 0.254. The molecule has 0 bridgehead atoms. The van der Waals surface area contributed by atoms with E-state index < -0.39 is 28.2 Å². The number of nitrogens with zero attached hydrogens (tertiary/aromatic N) is 2. The van der Waals surface area contributed by atoms with Gasteiger partial charge in [0.05, 0.1) is 9.79 Å². The first-order chi connectivity index (χ1) is 38.6. The van der Waals surface area contributed by atoms with Gasteiger partial charge >= 0.3 is 0 Å². The Kier molecular flexibility index (Phi) is 46.6. The molecule has 0 heterocycles. The minimum Gasteiger partial charge on any atom is -0.303 e. The van der Waals surface area contributed by atoms with Crippen LogP contribution in [0.15, 0.2) is 70.5 Å². The maximum absolute atomic E-state index is 11.8. The molecule has 0 saturated carbocycles. The van der Waals surface area contributed by atoms with E-state index in [9.17, 15) is 25.9 Å². The van der Waals surface area contributed by atoms with E-state index in [4.69, 9.17) is 0 Å². The molecule has 0 aliphatic rings. The topological polar surface area (TPSA) is 115 Å². The molecule has 3 aromatic carbocycles. The van der Waals surface area contributed by atoms with Gasteiger partial charge in [0.2, 0.25) is 0 Å². The Morgan fingerprint density at radius 2 is 0.537 bits per heavy atom. The minimum atomic E-state index is -4.42. The van der Waals surface area contributed by atoms with Gasteiger partial charge in [-0.1, -0.05) is 271 Å². The highest BCUT2D eigenvalue weighted by Gasteiger charge is 2.25. The Balaban J connectivity index is 0.000000605. The predicted octanol–water partition coefficient (Wildman–Crippen LogP) is 19.6. The van der Waals surface area contributed by atoms with E-state index in [0.29, 0.717) is 10.6 Å². The van der Waals surface area contributed by atoms with Gasteiger partial charge in [0.25, 0.3) is 20.2 Å². The van der Waals surface area contributed by atoms with E-state index >= 15 is 0 Å². The molecule has 11 heteroatoms. The smallest absolute Gasteiger partial charge is 0.294 e. The Morgan fingerprint density at radius 3 is 0.775 bits per heavy atom. The first kappa shape index (κ1) is 75.8. The summed E-state index contributed by atoms with van der Waals surface area (Å²) in [7, 11) is -10.2. The number of aryl methyl sites for hydroxylation is 3. The van der Waals surface area contributed by atoms with Gasteiger partial charge in [-0.05, 0) is 163 Å². The van der Waals surface area contributed by atoms with Gasteiger partial charge in [-0.2, -0.15) is 16.8 Å². The first-order valence-corrected chi connectivity index (χ1v) is 37.3. The molecule has 0 atom stereocenters. The monoisotopic (exact) mass is 1170 g/mol. The molecule has 0 radical (unpaired) electrons. The Hall–Kier alpha value is -2.17. The molecule has 0 fully saturated rings. The fourth-order valence-corrected chi connectivity index (χ4v) is 14.6. The van der Waals surface area contributed by atoms with Crippen molar-refractivity contribution < 1.29 is 25.9 Å². The molecule has 0 aliphatic heterocycles. The number of hydrogen-bond donors (Lipinski definition) is 2. The summed E-state index contributed by atoms with van der Waals surface area (Å²) in [6.45, 7) is 27.6. The van der Waals surface area contributed by atoms with Gasteiger partial charge in [0, 0.05) is 0 Å². The lowest BCUT2D eigenvalue weighted by Crippen LogP contribution is -2.27. The summed E-state index contributed by atoms with van der Waals surface area (Å²) in [5.74, 6) is 0. The number of benzene rings is 3. The standard InChI is InChI=1S/2C24H51N.C21H21O6PS2/c2*1-4-7-10-13-16-19-22-25(23-20-17-14-11-8-5-2)24-21-18-15-12-9-6-3;1-14-6-4-5-7-19(14)28(20-12-17(29(22,23)24)10-8-15(20)2)21-13-18(30(25,26)27)11-9-16(21)3/h2*4-24H2,1-3H3;4-13H,1-3H3,(H,22,23,24)(H,25,26,27). The highest BCUT2D eigenvalue weighted by Crippen LogP contribution is 2.38. The average molecular weight is 1170 g/mol. The van der Waals surface area contributed by atoms with Crippen molar-refractivity contribution in [1.82, 2.24) is 9.80 Å². The highest BCUT2D eigenvalue weighted by molar-refractivity contribution is 7.86. The van der Waals surface area contributed by atoms with Crippen LogP contribution in [0.25, 0.3) is 0 Å². The number of hydrogen-bond acceptors (Lipinski definition) is 6. The van der Waals surface area contributed by atoms with Crippen LogP contribution >= 0.6 is 7.92 Å². The van der Waals surface area contributed by atoms with Gasteiger partial charge < -0.3 is 9.80 Å². The third-order valence-electron chi connectivity index (χ3n) is 15.8. The van der Waals surface area contributed by atoms with Gasteiger partial charge in [0.15, 0.2) is 0 Å². The predicted molar refractivity (Wildman–Crippen MR) is 352 cm³/mol. The number of rotatable bonds is 47. The summed E-state index contributed by atoms with van der Waals surface area (Å²) >= 11 is 0. The normalized spacial score (nSPS) is 11.8. The zero-order valence-corrected chi connectivity index (χ0v) is 55.7. The average Bonchev–Trinajstić information content (AvgIpc) is 3.61. The second-order valence-corrected chi connectivity index (χ2v) is 28.2. The summed E-state index contributed by atoms with van der Waals surface area (Å²) in [5.41, 5.74) is 2.55. The quantitative estimate of drug-likeness (QED) is 0.0326. The lowest BCUT2D eigenvalue weighted by Gasteiger charge is -2.25. The van der Waals surface area contributed by atoms with Gasteiger partial charge in [-0.15, -0.1) is 0 Å². The fourth-order valence-electron chi connectivity index (χ4n) is 10.6. The summed E-state index contributed by atoms with van der Waals surface area (Å²) in [6.07, 6.45) is 51.4. The van der Waals surface area contributed by atoms with Crippen LogP contribution in [0.5, 0.6) is 0 Å². The van der Waals surface area contributed by atoms with Gasteiger partial charge in [-0.25, -0.2) is 0 Å². The first-order valence-electron chi connectivity index (χ1n) is 33.1. The van der Waals surface area contributed by atoms with E-state index in [-0.39, 0.29) is 9.79 Å². The van der Waals surface area contributed by atoms with Crippen molar-refractivity contribution in [1.29, 1.82) is 0 Å². The van der Waals surface area contributed by atoms with E-state index in [1.54, 1.807) is 12.1 Å². The van der Waals surface area contributed by atoms with Crippen LogP contribution in [0, 0.1) is 20.8 Å². The Morgan fingerprint density at radius 1 is 0.312 bits per heavy atom. The molecule has 2 N–H and O–H groups in total. The van der Waals surface area contributed by atoms with Crippen molar-refractivity contribution in [3.8, 4) is 0 Å². The molecule has 0 spiro atoms. The van der Waals surface area contributed by atoms with Crippen LogP contribution < -0.4 is 15.9 Å². The largest absolute Gasteiger partial charge is 0.303 e. The Bertz CT molecular complexity index is 1960. The van der Waals surface area contributed by atoms with Gasteiger partial charge in [-0.3, -0.25) is 9.11 Å². The molecule has 462 valence electrons. The second-order valence-electron chi connectivity index (χ2n) is 23.3. The van der Waals surface area contributed by atoms with E-state index in [1.807, 2.05) is 45.0 Å². The second kappa shape index (κ2) is 49.1. The third-order valence-corrected chi connectivity index (χ3v) is 20.4. The van der Waals surface area contributed by atoms with Crippen molar-refractivity contribution in [3.05, 3.63) is 77.4 Å². The zero-order valence-electron chi connectivity index (χ0n) is 53.2. The molecular weight excluding hydrogens is 1050 g/mol. The van der Waals surface area contributed by atoms with Crippen molar-refractivity contribution in [2.24, 2.45) is 0 Å². The van der Waals surface area contributed by atoms with Crippen molar-refractivity contribution in [2.45, 2.75) is 303 Å². The molecule has 3 rings (SSSR count). The highest BCUT2D eigenvalue weighted by atomic mass is 32.2. The number of unbranched alkanes of at least 4 members (excludes halogenated alkanes) is 30. The molecular formula is C69H123N2O6PS2. The van der Waals surface area contributed by atoms with Crippen LogP contribution in [0.2, 0.25) is 0 Å². The lowest BCUT2D eigenvalue weighted by atomic mass is 10.1. The van der Waals surface area contributed by atoms with Gasteiger partial charge in [0.1, 0.15) is 0 Å². The molecule has 0 saturated heterocycles. The third kappa shape index (κ3) is 37.2. The molecule has 0 aromatic heterocycles. The van der Waals surface area contributed by atoms with Crippen LogP contribution in [-0.4, -0.2) is 75.0 Å². The van der Waals surface area contributed by atoms with Crippen molar-refractivity contribution >= 4 is 44.1 Å². The summed E-state index contributed by atoms with van der Waals surface area (Å²) in [6, 6.07) is 16.4. The molecule has 0 aliphatic carbocycles. The summed E-state index contributed by atoms with van der Waals surface area (Å²) < 4.78 is 66.2. The molecule has 0 unspecified atom stereocenters. The van der Waals surface area contributed by atoms with Crippen LogP contribution in [0.1, 0.15) is 289 Å². The maximum atomic E-state index is 11.8. The van der Waals surface area contributed by atoms with E-state index in [2.05, 4.69) is 51.3 Å². The zero-order chi connectivity index (χ0) is 59.1. The van der Waals surface area contributed by atoms with Crippen LogP contribution in [0.3, 0.4) is 0 Å². The molecule has 80 heavy (non-hydrogen) atoms. The molecule has 0 amide bonds. The van der Waals surface area contributed by atoms with E-state index in [1.165, 1.54) is 295 Å². The van der Waals surface area contributed by atoms with E-state index in [0.717, 1.165) is 22.0 Å². The summed E-state index contributed by atoms with van der Waals surface area (Å²) in [4.78, 5) is 5.12. The maximum Gasteiger partial charge on any atom is 0.294 e. The minimum absolute atomic E-state index is 0.229. The van der Waals surface area contributed by atoms with Crippen molar-refractivity contribution in [3.63, 3.8) is 0 Å².